The molecule has 2 heteroatoms. The van der Waals surface area contributed by atoms with E-state index < -0.39 is 0 Å². The van der Waals surface area contributed by atoms with Crippen molar-refractivity contribution in [1.29, 1.82) is 5.26 Å². The van der Waals surface area contributed by atoms with Crippen molar-refractivity contribution in [2.24, 2.45) is 0 Å². The van der Waals surface area contributed by atoms with Crippen LogP contribution in [-0.4, -0.2) is 13.6 Å². The fraction of sp³-hybridized carbons (Fsp3) is 0.222. The maximum absolute atomic E-state index is 8.39. The number of para-hydroxylation sites is 1. The average Bonchev–Trinajstić information content (AvgIpc) is 2.07. The van der Waals surface area contributed by atoms with E-state index in [1.165, 1.54) is 0 Å². The lowest BCUT2D eigenvalue weighted by atomic mass is 10.3. The topological polar surface area (TPSA) is 27.0 Å². The van der Waals surface area contributed by atoms with Gasteiger partial charge in [0, 0.05) is 18.8 Å². The molecule has 0 aliphatic heterocycles. The van der Waals surface area contributed by atoms with Gasteiger partial charge in [0.15, 0.2) is 0 Å². The molecular weight excluding hydrogens is 136 g/mol. The number of anilines is 1. The van der Waals surface area contributed by atoms with Crippen LogP contribution in [0.3, 0.4) is 0 Å². The van der Waals surface area contributed by atoms with E-state index in [0.29, 0.717) is 6.54 Å². The minimum atomic E-state index is 0.403. The summed E-state index contributed by atoms with van der Waals surface area (Å²) in [6.45, 7) is 0.403. The van der Waals surface area contributed by atoms with E-state index in [9.17, 15) is 0 Å². The van der Waals surface area contributed by atoms with Crippen LogP contribution in [-0.2, 0) is 0 Å². The van der Waals surface area contributed by atoms with Gasteiger partial charge in [0.1, 0.15) is 6.54 Å². The van der Waals surface area contributed by atoms with Crippen LogP contribution in [0.2, 0.25) is 0 Å². The average molecular weight is 145 g/mol. The Labute approximate surface area is 66.7 Å². The third-order valence-electron chi connectivity index (χ3n) is 1.41. The first-order valence-corrected chi connectivity index (χ1v) is 3.39. The fourth-order valence-electron chi connectivity index (χ4n) is 0.813. The number of hydrogen-bond acceptors (Lipinski definition) is 2. The predicted molar refractivity (Wildman–Crippen MR) is 44.2 cm³/mol. The summed E-state index contributed by atoms with van der Waals surface area (Å²) in [4.78, 5) is 1.85. The second kappa shape index (κ2) is 3.62. The Hall–Kier alpha value is -1.49. The third-order valence-corrected chi connectivity index (χ3v) is 1.41. The van der Waals surface area contributed by atoms with Crippen LogP contribution < -0.4 is 4.90 Å². The summed E-state index contributed by atoms with van der Waals surface area (Å²) in [5, 5.41) is 8.39. The highest BCUT2D eigenvalue weighted by atomic mass is 15.1. The SMILES string of the molecule is CN(CC#N)c1[c]cccc1. The Morgan fingerprint density at radius 3 is 3.00 bits per heavy atom. The highest BCUT2D eigenvalue weighted by molar-refractivity contribution is 5.44. The van der Waals surface area contributed by atoms with Gasteiger partial charge < -0.3 is 4.90 Å². The molecule has 1 aromatic carbocycles. The highest BCUT2D eigenvalue weighted by Gasteiger charge is 1.96. The smallest absolute Gasteiger partial charge is 0.105 e. The highest BCUT2D eigenvalue weighted by Crippen LogP contribution is 2.08. The van der Waals surface area contributed by atoms with E-state index in [1.807, 2.05) is 36.2 Å². The van der Waals surface area contributed by atoms with Gasteiger partial charge in [-0.25, -0.2) is 0 Å². The Morgan fingerprint density at radius 1 is 1.64 bits per heavy atom. The molecule has 0 bridgehead atoms. The third kappa shape index (κ3) is 1.98. The van der Waals surface area contributed by atoms with Crippen LogP contribution in [0.15, 0.2) is 24.3 Å². The molecular formula is C9H9N2. The van der Waals surface area contributed by atoms with Gasteiger partial charge in [0.05, 0.1) is 6.07 Å². The maximum atomic E-state index is 8.39. The summed E-state index contributed by atoms with van der Waals surface area (Å²) in [5.41, 5.74) is 0.953. The predicted octanol–water partition coefficient (Wildman–Crippen LogP) is 1.45. The lowest BCUT2D eigenvalue weighted by molar-refractivity contribution is 1.04. The van der Waals surface area contributed by atoms with Gasteiger partial charge in [0.25, 0.3) is 0 Å². The van der Waals surface area contributed by atoms with E-state index in [2.05, 4.69) is 12.1 Å². The van der Waals surface area contributed by atoms with Gasteiger partial charge in [-0.05, 0) is 6.07 Å². The molecule has 1 rings (SSSR count). The standard InChI is InChI=1S/C9H9N2/c1-11(8-7-10)9-5-3-2-4-6-9/h2-5H,8H2,1H3. The second-order valence-corrected chi connectivity index (χ2v) is 2.26. The molecule has 0 atom stereocenters. The normalized spacial score (nSPS) is 8.73. The Balaban J connectivity index is 2.70. The zero-order valence-electron chi connectivity index (χ0n) is 6.41. The molecule has 0 saturated carbocycles. The molecule has 0 fully saturated rings. The zero-order chi connectivity index (χ0) is 8.10. The first kappa shape index (κ1) is 7.62. The van der Waals surface area contributed by atoms with Gasteiger partial charge in [-0.1, -0.05) is 18.2 Å². The van der Waals surface area contributed by atoms with Crippen molar-refractivity contribution in [2.75, 3.05) is 18.5 Å². The van der Waals surface area contributed by atoms with Gasteiger partial charge in [0.2, 0.25) is 0 Å². The summed E-state index contributed by atoms with van der Waals surface area (Å²) in [6, 6.07) is 12.7. The first-order valence-electron chi connectivity index (χ1n) is 3.39. The summed E-state index contributed by atoms with van der Waals surface area (Å²) in [6.07, 6.45) is 0. The van der Waals surface area contributed by atoms with Gasteiger partial charge in [-0.2, -0.15) is 5.26 Å². The fourth-order valence-corrected chi connectivity index (χ4v) is 0.813. The second-order valence-electron chi connectivity index (χ2n) is 2.26. The lowest BCUT2D eigenvalue weighted by Gasteiger charge is -2.13. The van der Waals surface area contributed by atoms with Gasteiger partial charge >= 0.3 is 0 Å². The molecule has 1 radical (unpaired) electrons. The van der Waals surface area contributed by atoms with Gasteiger partial charge in [-0.3, -0.25) is 0 Å². The molecule has 0 aliphatic carbocycles. The minimum absolute atomic E-state index is 0.403. The monoisotopic (exact) mass is 145 g/mol. The minimum Gasteiger partial charge on any atom is -0.361 e. The number of nitriles is 1. The van der Waals surface area contributed by atoms with Crippen molar-refractivity contribution in [1.82, 2.24) is 0 Å². The maximum Gasteiger partial charge on any atom is 0.105 e. The van der Waals surface area contributed by atoms with Gasteiger partial charge in [-0.15, -0.1) is 0 Å². The van der Waals surface area contributed by atoms with Crippen molar-refractivity contribution in [3.63, 3.8) is 0 Å². The zero-order valence-corrected chi connectivity index (χ0v) is 6.41. The van der Waals surface area contributed by atoms with E-state index in [-0.39, 0.29) is 0 Å². The molecule has 0 unspecified atom stereocenters. The molecule has 0 saturated heterocycles. The van der Waals surface area contributed by atoms with Crippen molar-refractivity contribution in [3.05, 3.63) is 30.3 Å². The summed E-state index contributed by atoms with van der Waals surface area (Å²) >= 11 is 0. The summed E-state index contributed by atoms with van der Waals surface area (Å²) in [7, 11) is 1.87. The molecule has 0 aliphatic rings. The summed E-state index contributed by atoms with van der Waals surface area (Å²) in [5.74, 6) is 0. The molecule has 0 amide bonds. The van der Waals surface area contributed by atoms with Crippen LogP contribution in [0.1, 0.15) is 0 Å². The van der Waals surface area contributed by atoms with E-state index >= 15 is 0 Å². The number of rotatable bonds is 2. The molecule has 55 valence electrons. The Morgan fingerprint density at radius 2 is 2.45 bits per heavy atom. The molecule has 0 heterocycles. The van der Waals surface area contributed by atoms with Crippen molar-refractivity contribution in [2.45, 2.75) is 0 Å². The van der Waals surface area contributed by atoms with Crippen LogP contribution in [0.25, 0.3) is 0 Å². The van der Waals surface area contributed by atoms with Crippen LogP contribution >= 0.6 is 0 Å². The number of benzene rings is 1. The quantitative estimate of drug-likeness (QED) is 0.589. The molecule has 0 spiro atoms. The van der Waals surface area contributed by atoms with Crippen molar-refractivity contribution >= 4 is 5.69 Å². The molecule has 0 aromatic heterocycles. The summed E-state index contributed by atoms with van der Waals surface area (Å²) < 4.78 is 0. The van der Waals surface area contributed by atoms with E-state index in [4.69, 9.17) is 5.26 Å². The van der Waals surface area contributed by atoms with Crippen LogP contribution in [0.4, 0.5) is 5.69 Å². The molecule has 11 heavy (non-hydrogen) atoms. The Kier molecular flexibility index (Phi) is 2.51. The Bertz CT molecular complexity index is 248. The largest absolute Gasteiger partial charge is 0.361 e. The van der Waals surface area contributed by atoms with Crippen LogP contribution in [0.5, 0.6) is 0 Å². The van der Waals surface area contributed by atoms with E-state index in [1.54, 1.807) is 0 Å². The first-order chi connectivity index (χ1) is 5.34. The molecule has 2 nitrogen and oxygen atoms in total. The number of hydrogen-bond donors (Lipinski definition) is 0. The molecule has 1 aromatic rings. The van der Waals surface area contributed by atoms with E-state index in [0.717, 1.165) is 5.69 Å². The number of nitrogens with zero attached hydrogens (tertiary/aromatic N) is 2. The molecule has 0 N–H and O–H groups in total. The van der Waals surface area contributed by atoms with Crippen molar-refractivity contribution < 1.29 is 0 Å². The lowest BCUT2D eigenvalue weighted by Crippen LogP contribution is -2.16. The van der Waals surface area contributed by atoms with Crippen LogP contribution in [0, 0.1) is 17.4 Å². The van der Waals surface area contributed by atoms with Crippen molar-refractivity contribution in [3.8, 4) is 6.07 Å².